The van der Waals surface area contributed by atoms with Crippen molar-refractivity contribution in [2.24, 2.45) is 0 Å². The third-order valence-electron chi connectivity index (χ3n) is 5.14. The van der Waals surface area contributed by atoms with Crippen molar-refractivity contribution in [3.8, 4) is 0 Å². The molecule has 0 fully saturated rings. The summed E-state index contributed by atoms with van der Waals surface area (Å²) < 4.78 is 0. The Morgan fingerprint density at radius 2 is 1.52 bits per heavy atom. The first kappa shape index (κ1) is 15.6. The summed E-state index contributed by atoms with van der Waals surface area (Å²) in [5.41, 5.74) is 4.05. The minimum Gasteiger partial charge on any atom is -0.351 e. The van der Waals surface area contributed by atoms with Gasteiger partial charge in [0.15, 0.2) is 0 Å². The Morgan fingerprint density at radius 1 is 0.870 bits per heavy atom. The summed E-state index contributed by atoms with van der Waals surface area (Å²) in [6.07, 6.45) is 1.94. The van der Waals surface area contributed by atoms with Crippen LogP contribution in [0.5, 0.6) is 0 Å². The monoisotopic (exact) mass is 308 g/mol. The topological polar surface area (TPSA) is 23.6 Å². The summed E-state index contributed by atoms with van der Waals surface area (Å²) in [5.74, 6) is 0.102. The molecule has 2 aromatic carbocycles. The fraction of sp³-hybridized carbons (Fsp3) is 0.350. The van der Waals surface area contributed by atoms with Crippen molar-refractivity contribution in [2.45, 2.75) is 32.4 Å². The van der Waals surface area contributed by atoms with E-state index in [2.05, 4.69) is 61.2 Å². The summed E-state index contributed by atoms with van der Waals surface area (Å²) >= 11 is 0. The van der Waals surface area contributed by atoms with E-state index in [0.29, 0.717) is 0 Å². The van der Waals surface area contributed by atoms with E-state index < -0.39 is 0 Å². The highest BCUT2D eigenvalue weighted by Crippen LogP contribution is 2.35. The van der Waals surface area contributed by atoms with Crippen LogP contribution < -0.4 is 4.90 Å². The van der Waals surface area contributed by atoms with E-state index in [1.807, 2.05) is 25.1 Å². The van der Waals surface area contributed by atoms with Gasteiger partial charge in [0.1, 0.15) is 5.66 Å². The van der Waals surface area contributed by atoms with E-state index >= 15 is 0 Å². The number of hydrogen-bond donors (Lipinski definition) is 0. The van der Waals surface area contributed by atoms with Gasteiger partial charge in [-0.2, -0.15) is 0 Å². The summed E-state index contributed by atoms with van der Waals surface area (Å²) in [5, 5.41) is 0. The van der Waals surface area contributed by atoms with Gasteiger partial charge in [-0.1, -0.05) is 36.4 Å². The van der Waals surface area contributed by atoms with Gasteiger partial charge < -0.3 is 9.80 Å². The molecule has 0 saturated heterocycles. The second-order valence-corrected chi connectivity index (χ2v) is 6.75. The molecule has 0 radical (unpaired) electrons. The average Bonchev–Trinajstić information content (AvgIpc) is 2.57. The summed E-state index contributed by atoms with van der Waals surface area (Å²) in [7, 11) is 3.92. The van der Waals surface area contributed by atoms with Crippen LogP contribution in [0, 0.1) is 0 Å². The van der Waals surface area contributed by atoms with Gasteiger partial charge in [-0.3, -0.25) is 4.79 Å². The largest absolute Gasteiger partial charge is 0.351 e. The Bertz CT molecular complexity index is 722. The summed E-state index contributed by atoms with van der Waals surface area (Å²) in [6.45, 7) is 4.13. The Balaban J connectivity index is 1.86. The van der Waals surface area contributed by atoms with E-state index in [9.17, 15) is 4.79 Å². The number of anilines is 1. The van der Waals surface area contributed by atoms with Gasteiger partial charge >= 0.3 is 0 Å². The average molecular weight is 308 g/mol. The maximum atomic E-state index is 12.7. The van der Waals surface area contributed by atoms with Gasteiger partial charge in [0.25, 0.3) is 5.91 Å². The van der Waals surface area contributed by atoms with E-state index in [-0.39, 0.29) is 11.6 Å². The van der Waals surface area contributed by atoms with E-state index in [1.165, 1.54) is 11.1 Å². The molecule has 0 saturated carbocycles. The molecule has 0 atom stereocenters. The molecule has 1 aliphatic heterocycles. The molecule has 23 heavy (non-hydrogen) atoms. The molecule has 0 unspecified atom stereocenters. The molecule has 2 aromatic rings. The number of rotatable bonds is 3. The Kier molecular flexibility index (Phi) is 3.88. The maximum absolute atomic E-state index is 12.7. The number of aryl methyl sites for hydroxylation is 2. The lowest BCUT2D eigenvalue weighted by Gasteiger charge is -2.48. The molecule has 120 valence electrons. The van der Waals surface area contributed by atoms with Crippen molar-refractivity contribution in [1.29, 1.82) is 0 Å². The van der Waals surface area contributed by atoms with E-state index in [1.54, 1.807) is 0 Å². The molecule has 0 N–H and O–H groups in total. The molecule has 1 amide bonds. The van der Waals surface area contributed by atoms with Crippen molar-refractivity contribution in [2.75, 3.05) is 19.0 Å². The van der Waals surface area contributed by atoms with E-state index in [0.717, 1.165) is 24.1 Å². The van der Waals surface area contributed by atoms with Crippen molar-refractivity contribution in [3.63, 3.8) is 0 Å². The number of fused-ring (bicyclic) bond motifs is 1. The van der Waals surface area contributed by atoms with Crippen molar-refractivity contribution >= 4 is 11.6 Å². The van der Waals surface area contributed by atoms with Gasteiger partial charge in [0.2, 0.25) is 0 Å². The van der Waals surface area contributed by atoms with Crippen LogP contribution in [0.4, 0.5) is 5.69 Å². The number of hydrogen-bond acceptors (Lipinski definition) is 2. The normalized spacial score (nSPS) is 16.4. The lowest BCUT2D eigenvalue weighted by molar-refractivity contribution is 0.0600. The second kappa shape index (κ2) is 5.73. The highest BCUT2D eigenvalue weighted by Gasteiger charge is 2.39. The third kappa shape index (κ3) is 2.72. The van der Waals surface area contributed by atoms with Crippen molar-refractivity contribution < 1.29 is 4.79 Å². The zero-order valence-electron chi connectivity index (χ0n) is 14.3. The molecule has 0 aliphatic carbocycles. The summed E-state index contributed by atoms with van der Waals surface area (Å²) in [6, 6.07) is 16.8. The zero-order valence-corrected chi connectivity index (χ0v) is 14.3. The van der Waals surface area contributed by atoms with Gasteiger partial charge in [0, 0.05) is 14.1 Å². The Labute approximate surface area is 138 Å². The minimum atomic E-state index is -0.310. The fourth-order valence-electron chi connectivity index (χ4n) is 3.08. The van der Waals surface area contributed by atoms with Crippen LogP contribution in [0.25, 0.3) is 0 Å². The highest BCUT2D eigenvalue weighted by atomic mass is 16.2. The first-order valence-corrected chi connectivity index (χ1v) is 8.10. The van der Waals surface area contributed by atoms with Crippen molar-refractivity contribution in [3.05, 3.63) is 65.2 Å². The molecular weight excluding hydrogens is 284 g/mol. The van der Waals surface area contributed by atoms with Gasteiger partial charge in [0.05, 0.1) is 11.3 Å². The quantitative estimate of drug-likeness (QED) is 0.862. The second-order valence-electron chi connectivity index (χ2n) is 6.75. The standard InChI is InChI=1S/C20H24N2O/c1-20(2)21(3)18-13-12-16(14-17(18)19(23)22(20)4)11-10-15-8-6-5-7-9-15/h5-9,12-14H,10-11H2,1-4H3. The van der Waals surface area contributed by atoms with Gasteiger partial charge in [-0.15, -0.1) is 0 Å². The van der Waals surface area contributed by atoms with Crippen LogP contribution in [-0.2, 0) is 12.8 Å². The van der Waals surface area contributed by atoms with Gasteiger partial charge in [-0.05, 0) is 49.9 Å². The molecule has 3 nitrogen and oxygen atoms in total. The Hall–Kier alpha value is -2.29. The molecule has 3 rings (SSSR count). The van der Waals surface area contributed by atoms with Crippen LogP contribution in [0.15, 0.2) is 48.5 Å². The molecule has 0 aromatic heterocycles. The maximum Gasteiger partial charge on any atom is 0.257 e. The predicted octanol–water partition coefficient (Wildman–Crippen LogP) is 3.73. The first-order valence-electron chi connectivity index (χ1n) is 8.10. The number of nitrogens with zero attached hydrogens (tertiary/aromatic N) is 2. The number of benzene rings is 2. The highest BCUT2D eigenvalue weighted by molar-refractivity contribution is 6.02. The van der Waals surface area contributed by atoms with Crippen LogP contribution in [0.1, 0.15) is 35.3 Å². The van der Waals surface area contributed by atoms with E-state index in [4.69, 9.17) is 0 Å². The lowest BCUT2D eigenvalue weighted by atomic mass is 9.96. The third-order valence-corrected chi connectivity index (χ3v) is 5.14. The molecule has 1 aliphatic rings. The van der Waals surface area contributed by atoms with Crippen LogP contribution in [-0.4, -0.2) is 30.6 Å². The SMILES string of the molecule is CN1C(=O)c2cc(CCc3ccccc3)ccc2N(C)C1(C)C. The fourth-order valence-corrected chi connectivity index (χ4v) is 3.08. The molecular formula is C20H24N2O. The minimum absolute atomic E-state index is 0.102. The number of amides is 1. The molecule has 1 heterocycles. The zero-order chi connectivity index (χ0) is 16.6. The molecule has 0 spiro atoms. The smallest absolute Gasteiger partial charge is 0.257 e. The predicted molar refractivity (Wildman–Crippen MR) is 94.9 cm³/mol. The number of carbonyl (C=O) groups excluding carboxylic acids is 1. The molecule has 3 heteroatoms. The van der Waals surface area contributed by atoms with Crippen molar-refractivity contribution in [1.82, 2.24) is 4.90 Å². The summed E-state index contributed by atoms with van der Waals surface area (Å²) in [4.78, 5) is 16.7. The first-order chi connectivity index (χ1) is 10.9. The number of carbonyl (C=O) groups is 1. The Morgan fingerprint density at radius 3 is 2.22 bits per heavy atom. The van der Waals surface area contributed by atoms with Crippen LogP contribution >= 0.6 is 0 Å². The van der Waals surface area contributed by atoms with Crippen LogP contribution in [0.3, 0.4) is 0 Å². The van der Waals surface area contributed by atoms with Gasteiger partial charge in [-0.25, -0.2) is 0 Å². The lowest BCUT2D eigenvalue weighted by Crippen LogP contribution is -2.59. The van der Waals surface area contributed by atoms with Crippen LogP contribution in [0.2, 0.25) is 0 Å². The molecule has 0 bridgehead atoms.